The van der Waals surface area contributed by atoms with Gasteiger partial charge in [0.1, 0.15) is 11.4 Å². The van der Waals surface area contributed by atoms with Crippen molar-refractivity contribution in [2.24, 2.45) is 5.92 Å². The fraction of sp³-hybridized carbons (Fsp3) is 0.407. The topological polar surface area (TPSA) is 49.9 Å². The fourth-order valence-corrected chi connectivity index (χ4v) is 4.55. The summed E-state index contributed by atoms with van der Waals surface area (Å²) in [5.41, 5.74) is 4.44. The first-order valence-electron chi connectivity index (χ1n) is 11.5. The van der Waals surface area contributed by atoms with E-state index < -0.39 is 0 Å². The Morgan fingerprint density at radius 1 is 0.938 bits per heavy atom. The van der Waals surface area contributed by atoms with Crippen molar-refractivity contribution in [2.45, 2.75) is 53.6 Å². The molecule has 0 N–H and O–H groups in total. The highest BCUT2D eigenvalue weighted by Crippen LogP contribution is 2.38. The van der Waals surface area contributed by atoms with Gasteiger partial charge in [-0.25, -0.2) is 4.90 Å². The number of hydrogen-bond donors (Lipinski definition) is 0. The molecule has 0 radical (unpaired) electrons. The lowest BCUT2D eigenvalue weighted by Gasteiger charge is -2.32. The molecule has 2 aliphatic heterocycles. The number of ether oxygens (including phenoxy) is 1. The van der Waals surface area contributed by atoms with E-state index in [-0.39, 0.29) is 17.9 Å². The van der Waals surface area contributed by atoms with Crippen molar-refractivity contribution in [2.75, 3.05) is 18.0 Å². The summed E-state index contributed by atoms with van der Waals surface area (Å²) < 4.78 is 5.76. The van der Waals surface area contributed by atoms with Crippen LogP contribution >= 0.6 is 0 Å². The summed E-state index contributed by atoms with van der Waals surface area (Å²) in [6.45, 7) is 11.7. The summed E-state index contributed by atoms with van der Waals surface area (Å²) in [5.74, 6) is 0.897. The minimum Gasteiger partial charge on any atom is -0.491 e. The molecule has 0 spiro atoms. The zero-order chi connectivity index (χ0) is 23.0. The minimum absolute atomic E-state index is 0.0701. The van der Waals surface area contributed by atoms with Crippen LogP contribution in [0.3, 0.4) is 0 Å². The second-order valence-electron chi connectivity index (χ2n) is 9.32. The van der Waals surface area contributed by atoms with Crippen LogP contribution in [0.4, 0.5) is 5.69 Å². The molecule has 2 amide bonds. The first-order valence-corrected chi connectivity index (χ1v) is 11.5. The number of rotatable bonds is 5. The standard InChI is InChI=1S/C27H32N2O3/c1-17(2)32-22-9-7-21(8-10-22)24-25(28-14-12-18(3)13-15-28)27(31)29(26(24)30)23-11-6-19(4)16-20(23)5/h6-11,16-18H,12-15H2,1-5H3. The van der Waals surface area contributed by atoms with Gasteiger partial charge in [-0.05, 0) is 75.8 Å². The van der Waals surface area contributed by atoms with Crippen LogP contribution in [0.25, 0.3) is 5.57 Å². The van der Waals surface area contributed by atoms with Gasteiger partial charge in [-0.2, -0.15) is 0 Å². The largest absolute Gasteiger partial charge is 0.491 e. The zero-order valence-corrected chi connectivity index (χ0v) is 19.6. The average molecular weight is 433 g/mol. The predicted octanol–water partition coefficient (Wildman–Crippen LogP) is 5.11. The summed E-state index contributed by atoms with van der Waals surface area (Å²) >= 11 is 0. The molecule has 0 unspecified atom stereocenters. The first kappa shape index (κ1) is 22.1. The Morgan fingerprint density at radius 3 is 2.19 bits per heavy atom. The Bertz CT molecular complexity index is 1060. The number of likely N-dealkylation sites (tertiary alicyclic amines) is 1. The van der Waals surface area contributed by atoms with Crippen LogP contribution in [0, 0.1) is 19.8 Å². The van der Waals surface area contributed by atoms with Crippen molar-refractivity contribution in [1.82, 2.24) is 4.90 Å². The van der Waals surface area contributed by atoms with Gasteiger partial charge in [0, 0.05) is 13.1 Å². The van der Waals surface area contributed by atoms with Crippen LogP contribution in [0.2, 0.25) is 0 Å². The molecule has 0 saturated carbocycles. The molecule has 5 nitrogen and oxygen atoms in total. The summed E-state index contributed by atoms with van der Waals surface area (Å²) in [4.78, 5) is 30.9. The lowest BCUT2D eigenvalue weighted by atomic mass is 9.97. The molecule has 4 rings (SSSR count). The summed E-state index contributed by atoms with van der Waals surface area (Å²) in [5, 5.41) is 0. The van der Waals surface area contributed by atoms with Crippen LogP contribution in [-0.2, 0) is 9.59 Å². The second kappa shape index (κ2) is 8.81. The molecule has 2 aromatic rings. The molecular weight excluding hydrogens is 400 g/mol. The Labute approximate surface area is 190 Å². The van der Waals surface area contributed by atoms with Gasteiger partial charge in [-0.3, -0.25) is 9.59 Å². The molecule has 168 valence electrons. The summed E-state index contributed by atoms with van der Waals surface area (Å²) in [6, 6.07) is 13.3. The maximum absolute atomic E-state index is 13.7. The number of amides is 2. The maximum Gasteiger partial charge on any atom is 0.282 e. The molecule has 0 aromatic heterocycles. The highest BCUT2D eigenvalue weighted by molar-refractivity contribution is 6.45. The molecular formula is C27H32N2O3. The van der Waals surface area contributed by atoms with Crippen LogP contribution in [-0.4, -0.2) is 35.9 Å². The highest BCUT2D eigenvalue weighted by Gasteiger charge is 2.43. The van der Waals surface area contributed by atoms with Crippen molar-refractivity contribution < 1.29 is 14.3 Å². The van der Waals surface area contributed by atoms with Crippen LogP contribution in [0.1, 0.15) is 50.3 Å². The normalized spacial score (nSPS) is 17.7. The lowest BCUT2D eigenvalue weighted by Crippen LogP contribution is -2.38. The fourth-order valence-electron chi connectivity index (χ4n) is 4.55. The lowest BCUT2D eigenvalue weighted by molar-refractivity contribution is -0.120. The quantitative estimate of drug-likeness (QED) is 0.617. The van der Waals surface area contributed by atoms with Gasteiger partial charge in [-0.1, -0.05) is 36.8 Å². The number of nitrogens with zero attached hydrogens (tertiary/aromatic N) is 2. The summed E-state index contributed by atoms with van der Waals surface area (Å²) in [7, 11) is 0. The molecule has 0 atom stereocenters. The highest BCUT2D eigenvalue weighted by atomic mass is 16.5. The molecule has 5 heteroatoms. The SMILES string of the molecule is Cc1ccc(N2C(=O)C(c3ccc(OC(C)C)cc3)=C(N3CCC(C)CC3)C2=O)c(C)c1. The van der Waals surface area contributed by atoms with Crippen molar-refractivity contribution in [1.29, 1.82) is 0 Å². The van der Waals surface area contributed by atoms with Crippen LogP contribution < -0.4 is 9.64 Å². The number of carbonyl (C=O) groups is 2. The number of hydrogen-bond acceptors (Lipinski definition) is 4. The van der Waals surface area contributed by atoms with E-state index in [4.69, 9.17) is 4.74 Å². The van der Waals surface area contributed by atoms with E-state index in [0.29, 0.717) is 22.9 Å². The van der Waals surface area contributed by atoms with E-state index in [9.17, 15) is 9.59 Å². The molecule has 2 heterocycles. The number of benzene rings is 2. The third-order valence-corrected chi connectivity index (χ3v) is 6.27. The summed E-state index contributed by atoms with van der Waals surface area (Å²) in [6.07, 6.45) is 2.10. The molecule has 32 heavy (non-hydrogen) atoms. The van der Waals surface area contributed by atoms with Gasteiger partial charge < -0.3 is 9.64 Å². The zero-order valence-electron chi connectivity index (χ0n) is 19.6. The van der Waals surface area contributed by atoms with E-state index in [1.807, 2.05) is 70.2 Å². The van der Waals surface area contributed by atoms with Crippen molar-refractivity contribution in [3.05, 3.63) is 64.9 Å². The monoisotopic (exact) mass is 432 g/mol. The van der Waals surface area contributed by atoms with Crippen LogP contribution in [0.15, 0.2) is 48.2 Å². The van der Waals surface area contributed by atoms with Crippen molar-refractivity contribution in [3.63, 3.8) is 0 Å². The second-order valence-corrected chi connectivity index (χ2v) is 9.32. The van der Waals surface area contributed by atoms with Gasteiger partial charge in [-0.15, -0.1) is 0 Å². The van der Waals surface area contributed by atoms with Crippen molar-refractivity contribution in [3.8, 4) is 5.75 Å². The van der Waals surface area contributed by atoms with Crippen molar-refractivity contribution >= 4 is 23.1 Å². The third-order valence-electron chi connectivity index (χ3n) is 6.27. The smallest absolute Gasteiger partial charge is 0.282 e. The average Bonchev–Trinajstić information content (AvgIpc) is 2.99. The first-order chi connectivity index (χ1) is 15.3. The maximum atomic E-state index is 13.7. The predicted molar refractivity (Wildman–Crippen MR) is 128 cm³/mol. The van der Waals surface area contributed by atoms with E-state index in [0.717, 1.165) is 48.4 Å². The molecule has 0 bridgehead atoms. The van der Waals surface area contributed by atoms with Gasteiger partial charge in [0.15, 0.2) is 0 Å². The van der Waals surface area contributed by atoms with E-state index in [1.165, 1.54) is 4.90 Å². The Balaban J connectivity index is 1.78. The number of anilines is 1. The van der Waals surface area contributed by atoms with Gasteiger partial charge in [0.2, 0.25) is 0 Å². The Morgan fingerprint density at radius 2 is 1.59 bits per heavy atom. The van der Waals surface area contributed by atoms with E-state index in [2.05, 4.69) is 11.8 Å². The van der Waals surface area contributed by atoms with Gasteiger partial charge >= 0.3 is 0 Å². The number of aryl methyl sites for hydroxylation is 2. The van der Waals surface area contributed by atoms with Crippen LogP contribution in [0.5, 0.6) is 5.75 Å². The Hall–Kier alpha value is -3.08. The molecule has 2 aromatic carbocycles. The van der Waals surface area contributed by atoms with Gasteiger partial charge in [0.25, 0.3) is 11.8 Å². The molecule has 0 aliphatic carbocycles. The minimum atomic E-state index is -0.256. The van der Waals surface area contributed by atoms with Gasteiger partial charge in [0.05, 0.1) is 17.4 Å². The molecule has 1 saturated heterocycles. The number of piperidine rings is 1. The number of carbonyl (C=O) groups excluding carboxylic acids is 2. The molecule has 2 aliphatic rings. The van der Waals surface area contributed by atoms with E-state index in [1.54, 1.807) is 0 Å². The molecule has 1 fully saturated rings. The van der Waals surface area contributed by atoms with E-state index >= 15 is 0 Å². The number of imide groups is 1. The third kappa shape index (κ3) is 4.16. The Kier molecular flexibility index (Phi) is 6.09.